The van der Waals surface area contributed by atoms with Crippen LogP contribution in [0.3, 0.4) is 0 Å². The molecule has 26 heavy (non-hydrogen) atoms. The van der Waals surface area contributed by atoms with Crippen LogP contribution in [0, 0.1) is 11.8 Å². The van der Waals surface area contributed by atoms with E-state index in [1.165, 1.54) is 6.20 Å². The Labute approximate surface area is 151 Å². The summed E-state index contributed by atoms with van der Waals surface area (Å²) in [5.74, 6) is 3.76. The lowest BCUT2D eigenvalue weighted by atomic mass is 9.82. The fourth-order valence-corrected chi connectivity index (χ4v) is 2.82. The molecule has 2 amide bonds. The summed E-state index contributed by atoms with van der Waals surface area (Å²) in [5.41, 5.74) is 2.11. The Balaban J connectivity index is 1.74. The molecule has 0 atom stereocenters. The zero-order valence-electron chi connectivity index (χ0n) is 14.7. The van der Waals surface area contributed by atoms with Crippen molar-refractivity contribution < 1.29 is 23.9 Å². The summed E-state index contributed by atoms with van der Waals surface area (Å²) < 4.78 is 10.7. The molecule has 2 rings (SSSR count). The highest BCUT2D eigenvalue weighted by Crippen LogP contribution is 2.30. The number of hydrogen-bond acceptors (Lipinski definition) is 7. The van der Waals surface area contributed by atoms with Crippen molar-refractivity contribution in [1.82, 2.24) is 10.4 Å². The number of carbonyl (C=O) groups excluding carboxylic acids is 3. The lowest BCUT2D eigenvalue weighted by molar-refractivity contribution is -0.149. The van der Waals surface area contributed by atoms with E-state index in [1.807, 2.05) is 6.92 Å². The fourth-order valence-electron chi connectivity index (χ4n) is 2.82. The summed E-state index contributed by atoms with van der Waals surface area (Å²) >= 11 is 0. The van der Waals surface area contributed by atoms with E-state index < -0.39 is 11.8 Å². The van der Waals surface area contributed by atoms with E-state index in [1.54, 1.807) is 17.6 Å². The van der Waals surface area contributed by atoms with E-state index in [4.69, 9.17) is 15.3 Å². The minimum Gasteiger partial charge on any atom is -0.477 e. The predicted octanol–water partition coefficient (Wildman–Crippen LogP) is 0.758. The summed E-state index contributed by atoms with van der Waals surface area (Å²) in [5, 5.41) is 2.36. The van der Waals surface area contributed by atoms with Gasteiger partial charge in [-0.05, 0) is 44.6 Å². The molecule has 1 aliphatic carbocycles. The molecular weight excluding hydrogens is 340 g/mol. The third-order valence-electron chi connectivity index (χ3n) is 4.27. The zero-order valence-corrected chi connectivity index (χ0v) is 14.7. The highest BCUT2D eigenvalue weighted by Gasteiger charge is 2.27. The maximum Gasteiger partial charge on any atom is 0.323 e. The molecule has 1 aromatic rings. The number of amides is 2. The smallest absolute Gasteiger partial charge is 0.323 e. The third kappa shape index (κ3) is 5.69. The van der Waals surface area contributed by atoms with Gasteiger partial charge in [-0.25, -0.2) is 10.8 Å². The number of hydrazine groups is 1. The van der Waals surface area contributed by atoms with Gasteiger partial charge in [0.1, 0.15) is 0 Å². The fraction of sp³-hybridized carbons (Fsp3) is 0.529. The first-order valence-corrected chi connectivity index (χ1v) is 8.60. The number of nitrogens with zero attached hydrogens (tertiary/aromatic N) is 1. The number of nitrogens with two attached hydrogens (primary N) is 1. The predicted molar refractivity (Wildman–Crippen MR) is 92.8 cm³/mol. The summed E-state index contributed by atoms with van der Waals surface area (Å²) in [7, 11) is 0. The number of anilines is 1. The van der Waals surface area contributed by atoms with Crippen molar-refractivity contribution in [2.75, 3.05) is 18.5 Å². The molecule has 0 radical (unpaired) electrons. The quantitative estimate of drug-likeness (QED) is 0.223. The lowest BCUT2D eigenvalue weighted by Gasteiger charge is -2.26. The third-order valence-corrected chi connectivity index (χ3v) is 4.27. The molecule has 1 aliphatic rings. The Hall–Kier alpha value is -2.68. The average molecular weight is 364 g/mol. The van der Waals surface area contributed by atoms with E-state index >= 15 is 0 Å². The number of ether oxygens (including phenoxy) is 2. The maximum atomic E-state index is 11.7. The number of carbonyl (C=O) groups is 3. The van der Waals surface area contributed by atoms with Gasteiger partial charge in [0.2, 0.25) is 5.88 Å². The van der Waals surface area contributed by atoms with Gasteiger partial charge in [0.25, 0.3) is 0 Å². The van der Waals surface area contributed by atoms with Crippen molar-refractivity contribution in [3.8, 4) is 5.88 Å². The van der Waals surface area contributed by atoms with E-state index in [0.29, 0.717) is 30.7 Å². The number of esters is 1. The van der Waals surface area contributed by atoms with Crippen LogP contribution in [0.1, 0.15) is 32.6 Å². The van der Waals surface area contributed by atoms with Crippen LogP contribution in [-0.2, 0) is 19.1 Å². The van der Waals surface area contributed by atoms with Crippen LogP contribution in [-0.4, -0.2) is 36.0 Å². The largest absolute Gasteiger partial charge is 0.477 e. The number of pyridine rings is 1. The summed E-state index contributed by atoms with van der Waals surface area (Å²) in [6.45, 7) is 2.75. The van der Waals surface area contributed by atoms with Crippen LogP contribution in [0.25, 0.3) is 0 Å². The molecule has 0 bridgehead atoms. The Bertz CT molecular complexity index is 627. The van der Waals surface area contributed by atoms with Crippen molar-refractivity contribution in [3.63, 3.8) is 0 Å². The van der Waals surface area contributed by atoms with Gasteiger partial charge in [-0.3, -0.25) is 19.8 Å². The maximum absolute atomic E-state index is 11.7. The van der Waals surface area contributed by atoms with Crippen molar-refractivity contribution >= 4 is 23.5 Å². The Morgan fingerprint density at radius 3 is 2.50 bits per heavy atom. The number of hydrogen-bond donors (Lipinski definition) is 3. The molecule has 0 aliphatic heterocycles. The topological polar surface area (TPSA) is 133 Å². The summed E-state index contributed by atoms with van der Waals surface area (Å²) in [6.07, 6.45) is 4.84. The van der Waals surface area contributed by atoms with Crippen LogP contribution in [0.4, 0.5) is 5.69 Å². The van der Waals surface area contributed by atoms with Crippen LogP contribution in [0.15, 0.2) is 18.3 Å². The molecule has 1 saturated carbocycles. The van der Waals surface area contributed by atoms with E-state index in [-0.39, 0.29) is 11.9 Å². The van der Waals surface area contributed by atoms with Crippen molar-refractivity contribution in [2.24, 2.45) is 17.7 Å². The van der Waals surface area contributed by atoms with Gasteiger partial charge >= 0.3 is 17.8 Å². The molecule has 0 saturated heterocycles. The van der Waals surface area contributed by atoms with E-state index in [9.17, 15) is 14.4 Å². The van der Waals surface area contributed by atoms with Gasteiger partial charge in [0.05, 0.1) is 31.0 Å². The molecule has 9 heteroatoms. The van der Waals surface area contributed by atoms with Gasteiger partial charge in [0.15, 0.2) is 0 Å². The Kier molecular flexibility index (Phi) is 7.34. The van der Waals surface area contributed by atoms with Crippen LogP contribution < -0.4 is 21.3 Å². The SMILES string of the molecule is CCOC(=O)C1CCC(COc2ccc(NC(=O)C(=O)NN)cn2)CC1. The number of aromatic nitrogens is 1. The molecule has 0 unspecified atom stereocenters. The number of rotatable bonds is 6. The van der Waals surface area contributed by atoms with Gasteiger partial charge in [0, 0.05) is 6.07 Å². The van der Waals surface area contributed by atoms with Gasteiger partial charge < -0.3 is 14.8 Å². The highest BCUT2D eigenvalue weighted by atomic mass is 16.5. The molecule has 0 aromatic carbocycles. The second-order valence-corrected chi connectivity index (χ2v) is 6.09. The zero-order chi connectivity index (χ0) is 18.9. The lowest BCUT2D eigenvalue weighted by Crippen LogP contribution is -2.39. The molecule has 1 heterocycles. The standard InChI is InChI=1S/C17H24N4O5/c1-2-25-17(24)12-5-3-11(4-6-12)10-26-14-8-7-13(9-19-14)20-15(22)16(23)21-18/h7-9,11-12H,2-6,10,18H2,1H3,(H,20,22)(H,21,23). The average Bonchev–Trinajstić information content (AvgIpc) is 2.67. The molecule has 0 spiro atoms. The van der Waals surface area contributed by atoms with E-state index in [2.05, 4.69) is 10.3 Å². The first kappa shape index (κ1) is 19.6. The van der Waals surface area contributed by atoms with Gasteiger partial charge in [-0.15, -0.1) is 0 Å². The molecule has 1 fully saturated rings. The van der Waals surface area contributed by atoms with Gasteiger partial charge in [-0.2, -0.15) is 0 Å². The van der Waals surface area contributed by atoms with Crippen LogP contribution in [0.2, 0.25) is 0 Å². The molecule has 9 nitrogen and oxygen atoms in total. The van der Waals surface area contributed by atoms with Crippen LogP contribution >= 0.6 is 0 Å². The van der Waals surface area contributed by atoms with Crippen molar-refractivity contribution in [1.29, 1.82) is 0 Å². The Morgan fingerprint density at radius 2 is 1.92 bits per heavy atom. The first-order valence-electron chi connectivity index (χ1n) is 8.60. The Morgan fingerprint density at radius 1 is 1.19 bits per heavy atom. The summed E-state index contributed by atoms with van der Waals surface area (Å²) in [6, 6.07) is 3.20. The highest BCUT2D eigenvalue weighted by molar-refractivity contribution is 6.39. The minimum atomic E-state index is -0.941. The van der Waals surface area contributed by atoms with Gasteiger partial charge in [-0.1, -0.05) is 0 Å². The molecule has 4 N–H and O–H groups in total. The second-order valence-electron chi connectivity index (χ2n) is 6.09. The molecular formula is C17H24N4O5. The number of nitrogens with one attached hydrogen (secondary N) is 2. The molecule has 1 aromatic heterocycles. The normalized spacial score (nSPS) is 19.3. The van der Waals surface area contributed by atoms with E-state index in [0.717, 1.165) is 25.7 Å². The second kappa shape index (κ2) is 9.71. The van der Waals surface area contributed by atoms with Crippen molar-refractivity contribution in [3.05, 3.63) is 18.3 Å². The minimum absolute atomic E-state index is 0.00191. The van der Waals surface area contributed by atoms with Crippen molar-refractivity contribution in [2.45, 2.75) is 32.6 Å². The summed E-state index contributed by atoms with van der Waals surface area (Å²) in [4.78, 5) is 38.2. The first-order chi connectivity index (χ1) is 12.5. The molecule has 142 valence electrons. The monoisotopic (exact) mass is 364 g/mol. The van der Waals surface area contributed by atoms with Crippen LogP contribution in [0.5, 0.6) is 5.88 Å².